The highest BCUT2D eigenvalue weighted by Crippen LogP contribution is 2.19. The number of nitrogens with one attached hydrogen (secondary N) is 1. The Morgan fingerprint density at radius 1 is 1.20 bits per heavy atom. The van der Waals surface area contributed by atoms with Gasteiger partial charge in [0.05, 0.1) is 12.2 Å². The number of allylic oxidation sites excluding steroid dienone is 1. The molecule has 110 valence electrons. The second-order valence-electron chi connectivity index (χ2n) is 5.13. The summed E-state index contributed by atoms with van der Waals surface area (Å²) in [5.41, 5.74) is 1.59. The lowest BCUT2D eigenvalue weighted by molar-refractivity contribution is -0.141. The molecule has 0 spiro atoms. The molecule has 0 atom stereocenters. The molecular formula is C16H23NO3. The van der Waals surface area contributed by atoms with Gasteiger partial charge in [-0.25, -0.2) is 4.79 Å². The lowest BCUT2D eigenvalue weighted by Gasteiger charge is -2.12. The maximum atomic E-state index is 11.5. The quantitative estimate of drug-likeness (QED) is 0.635. The van der Waals surface area contributed by atoms with E-state index in [1.54, 1.807) is 0 Å². The van der Waals surface area contributed by atoms with E-state index in [2.05, 4.69) is 5.32 Å². The molecule has 0 aliphatic heterocycles. The standard InChI is InChI=1S/C16H23NO3/c1-11(2)19-15-8-6-7-14(10-15)17-13(5)9-16(18)20-12(3)4/h6-12,17H,1-5H3/b13-9-. The molecule has 4 nitrogen and oxygen atoms in total. The average Bonchev–Trinajstić information content (AvgIpc) is 2.26. The van der Waals surface area contributed by atoms with E-state index in [0.717, 1.165) is 17.1 Å². The van der Waals surface area contributed by atoms with Crippen LogP contribution in [0.3, 0.4) is 0 Å². The molecule has 0 saturated heterocycles. The van der Waals surface area contributed by atoms with Gasteiger partial charge in [-0.1, -0.05) is 6.07 Å². The van der Waals surface area contributed by atoms with E-state index in [4.69, 9.17) is 9.47 Å². The van der Waals surface area contributed by atoms with Crippen LogP contribution >= 0.6 is 0 Å². The SMILES string of the molecule is C/C(=C/C(=O)OC(C)C)Nc1cccc(OC(C)C)c1. The van der Waals surface area contributed by atoms with Crippen molar-refractivity contribution in [2.45, 2.75) is 46.8 Å². The molecule has 0 radical (unpaired) electrons. The normalized spacial score (nSPS) is 11.7. The fraction of sp³-hybridized carbons (Fsp3) is 0.438. The summed E-state index contributed by atoms with van der Waals surface area (Å²) >= 11 is 0. The summed E-state index contributed by atoms with van der Waals surface area (Å²) < 4.78 is 10.7. The zero-order valence-corrected chi connectivity index (χ0v) is 12.8. The van der Waals surface area contributed by atoms with E-state index in [1.165, 1.54) is 6.08 Å². The molecule has 0 unspecified atom stereocenters. The van der Waals surface area contributed by atoms with Crippen LogP contribution in [-0.4, -0.2) is 18.2 Å². The third kappa shape index (κ3) is 6.27. The highest BCUT2D eigenvalue weighted by molar-refractivity contribution is 5.83. The van der Waals surface area contributed by atoms with Crippen LogP contribution in [-0.2, 0) is 9.53 Å². The summed E-state index contributed by atoms with van der Waals surface area (Å²) in [6, 6.07) is 7.61. The number of ether oxygens (including phenoxy) is 2. The molecule has 0 amide bonds. The van der Waals surface area contributed by atoms with Crippen LogP contribution in [0, 0.1) is 0 Å². The number of esters is 1. The van der Waals surface area contributed by atoms with Crippen molar-refractivity contribution in [2.24, 2.45) is 0 Å². The zero-order chi connectivity index (χ0) is 15.1. The third-order valence-corrected chi connectivity index (χ3v) is 2.23. The highest BCUT2D eigenvalue weighted by Gasteiger charge is 2.04. The lowest BCUT2D eigenvalue weighted by atomic mass is 10.3. The van der Waals surface area contributed by atoms with E-state index >= 15 is 0 Å². The molecule has 0 saturated carbocycles. The number of anilines is 1. The second kappa shape index (κ2) is 7.58. The summed E-state index contributed by atoms with van der Waals surface area (Å²) in [5.74, 6) is 0.446. The molecule has 1 aromatic carbocycles. The van der Waals surface area contributed by atoms with Gasteiger partial charge in [-0.3, -0.25) is 0 Å². The van der Waals surface area contributed by atoms with Gasteiger partial charge in [0.1, 0.15) is 5.75 Å². The predicted octanol–water partition coefficient (Wildman–Crippen LogP) is 3.74. The number of carbonyl (C=O) groups is 1. The van der Waals surface area contributed by atoms with Crippen LogP contribution in [0.25, 0.3) is 0 Å². The monoisotopic (exact) mass is 277 g/mol. The van der Waals surface area contributed by atoms with Gasteiger partial charge in [0, 0.05) is 23.5 Å². The van der Waals surface area contributed by atoms with Gasteiger partial charge in [-0.15, -0.1) is 0 Å². The Bertz CT molecular complexity index is 478. The first-order chi connectivity index (χ1) is 9.36. The molecule has 1 N–H and O–H groups in total. The van der Waals surface area contributed by atoms with E-state index in [0.29, 0.717) is 0 Å². The molecule has 1 rings (SSSR count). The Kier molecular flexibility index (Phi) is 6.10. The summed E-state index contributed by atoms with van der Waals surface area (Å²) in [5, 5.41) is 3.14. The molecule has 0 aliphatic rings. The second-order valence-corrected chi connectivity index (χ2v) is 5.13. The summed E-state index contributed by atoms with van der Waals surface area (Å²) in [6.07, 6.45) is 1.45. The zero-order valence-electron chi connectivity index (χ0n) is 12.8. The first-order valence-corrected chi connectivity index (χ1v) is 6.79. The maximum Gasteiger partial charge on any atom is 0.332 e. The molecule has 0 aromatic heterocycles. The van der Waals surface area contributed by atoms with E-state index in [-0.39, 0.29) is 18.2 Å². The number of hydrogen-bond acceptors (Lipinski definition) is 4. The number of hydrogen-bond donors (Lipinski definition) is 1. The van der Waals surface area contributed by atoms with Crippen molar-refractivity contribution in [3.05, 3.63) is 36.0 Å². The van der Waals surface area contributed by atoms with Gasteiger partial charge >= 0.3 is 5.97 Å². The first kappa shape index (κ1) is 16.1. The van der Waals surface area contributed by atoms with Crippen LogP contribution < -0.4 is 10.1 Å². The number of rotatable bonds is 6. The third-order valence-electron chi connectivity index (χ3n) is 2.23. The maximum absolute atomic E-state index is 11.5. The minimum atomic E-state index is -0.348. The van der Waals surface area contributed by atoms with Crippen molar-refractivity contribution in [1.82, 2.24) is 0 Å². The smallest absolute Gasteiger partial charge is 0.332 e. The molecule has 0 bridgehead atoms. The minimum absolute atomic E-state index is 0.116. The van der Waals surface area contributed by atoms with Crippen LogP contribution in [0.15, 0.2) is 36.0 Å². The molecule has 20 heavy (non-hydrogen) atoms. The van der Waals surface area contributed by atoms with Gasteiger partial charge in [0.25, 0.3) is 0 Å². The van der Waals surface area contributed by atoms with Crippen molar-refractivity contribution >= 4 is 11.7 Å². The molecule has 0 aliphatic carbocycles. The Hall–Kier alpha value is -1.97. The van der Waals surface area contributed by atoms with Crippen molar-refractivity contribution in [2.75, 3.05) is 5.32 Å². The highest BCUT2D eigenvalue weighted by atomic mass is 16.5. The van der Waals surface area contributed by atoms with E-state index in [9.17, 15) is 4.79 Å². The summed E-state index contributed by atoms with van der Waals surface area (Å²) in [4.78, 5) is 11.5. The molecule has 0 fully saturated rings. The number of carbonyl (C=O) groups excluding carboxylic acids is 1. The summed E-state index contributed by atoms with van der Waals surface area (Å²) in [6.45, 7) is 9.42. The molecule has 4 heteroatoms. The van der Waals surface area contributed by atoms with Crippen molar-refractivity contribution in [3.8, 4) is 5.75 Å². The Morgan fingerprint density at radius 2 is 1.90 bits per heavy atom. The van der Waals surface area contributed by atoms with E-state index < -0.39 is 0 Å². The first-order valence-electron chi connectivity index (χ1n) is 6.79. The minimum Gasteiger partial charge on any atom is -0.491 e. The molecule has 1 aromatic rings. The van der Waals surface area contributed by atoms with E-state index in [1.807, 2.05) is 58.9 Å². The van der Waals surface area contributed by atoms with Crippen molar-refractivity contribution in [3.63, 3.8) is 0 Å². The van der Waals surface area contributed by atoms with Crippen LogP contribution in [0.5, 0.6) is 5.75 Å². The topological polar surface area (TPSA) is 47.6 Å². The molecule has 0 heterocycles. The largest absolute Gasteiger partial charge is 0.491 e. The lowest BCUT2D eigenvalue weighted by Crippen LogP contribution is -2.10. The van der Waals surface area contributed by atoms with Crippen molar-refractivity contribution < 1.29 is 14.3 Å². The Balaban J connectivity index is 2.68. The van der Waals surface area contributed by atoms with Crippen LogP contribution in [0.1, 0.15) is 34.6 Å². The Morgan fingerprint density at radius 3 is 2.50 bits per heavy atom. The van der Waals surface area contributed by atoms with Gasteiger partial charge in [-0.05, 0) is 46.8 Å². The molecular weight excluding hydrogens is 254 g/mol. The van der Waals surface area contributed by atoms with Gasteiger partial charge in [0.15, 0.2) is 0 Å². The fourth-order valence-corrected chi connectivity index (χ4v) is 1.63. The average molecular weight is 277 g/mol. The van der Waals surface area contributed by atoms with Crippen molar-refractivity contribution in [1.29, 1.82) is 0 Å². The van der Waals surface area contributed by atoms with Crippen LogP contribution in [0.4, 0.5) is 5.69 Å². The predicted molar refractivity (Wildman–Crippen MR) is 80.8 cm³/mol. The number of benzene rings is 1. The van der Waals surface area contributed by atoms with Gasteiger partial charge in [-0.2, -0.15) is 0 Å². The van der Waals surface area contributed by atoms with Gasteiger partial charge < -0.3 is 14.8 Å². The van der Waals surface area contributed by atoms with Crippen LogP contribution in [0.2, 0.25) is 0 Å². The van der Waals surface area contributed by atoms with Gasteiger partial charge in [0.2, 0.25) is 0 Å². The summed E-state index contributed by atoms with van der Waals surface area (Å²) in [7, 11) is 0. The fourth-order valence-electron chi connectivity index (χ4n) is 1.63. The Labute approximate surface area is 120 Å².